The van der Waals surface area contributed by atoms with Crippen molar-refractivity contribution < 1.29 is 0 Å². The molecule has 2 heterocycles. The fourth-order valence-corrected chi connectivity index (χ4v) is 4.37. The molecule has 3 atom stereocenters. The molecule has 2 aliphatic rings. The zero-order chi connectivity index (χ0) is 14.3. The average molecular weight is 314 g/mol. The summed E-state index contributed by atoms with van der Waals surface area (Å²) in [4.78, 5) is 2.53. The van der Waals surface area contributed by atoms with E-state index in [9.17, 15) is 0 Å². The van der Waals surface area contributed by atoms with Gasteiger partial charge in [-0.2, -0.15) is 0 Å². The van der Waals surface area contributed by atoms with Crippen molar-refractivity contribution in [2.75, 3.05) is 7.05 Å². The summed E-state index contributed by atoms with van der Waals surface area (Å²) in [7, 11) is 2.25. The van der Waals surface area contributed by atoms with Crippen LogP contribution in [0.25, 0.3) is 0 Å². The van der Waals surface area contributed by atoms with Crippen LogP contribution in [0.1, 0.15) is 37.3 Å². The SMILES string of the molecule is CN1C2CCC1CC(C(NN)c1cc(Cl)ccc1Cl)C2. The minimum Gasteiger partial charge on any atom is -0.300 e. The Hall–Kier alpha value is -0.320. The van der Waals surface area contributed by atoms with Gasteiger partial charge in [-0.1, -0.05) is 23.2 Å². The first-order valence-corrected chi connectivity index (χ1v) is 7.98. The third-order valence-electron chi connectivity index (χ3n) is 5.08. The average Bonchev–Trinajstić information content (AvgIpc) is 2.66. The zero-order valence-corrected chi connectivity index (χ0v) is 13.2. The van der Waals surface area contributed by atoms with Gasteiger partial charge in [0.2, 0.25) is 0 Å². The summed E-state index contributed by atoms with van der Waals surface area (Å²) < 4.78 is 0. The molecule has 0 radical (unpaired) electrons. The summed E-state index contributed by atoms with van der Waals surface area (Å²) in [6.07, 6.45) is 4.95. The second-order valence-electron chi connectivity index (χ2n) is 6.09. The van der Waals surface area contributed by atoms with Gasteiger partial charge < -0.3 is 4.90 Å². The lowest BCUT2D eigenvalue weighted by molar-refractivity contribution is 0.112. The van der Waals surface area contributed by atoms with E-state index in [0.29, 0.717) is 23.0 Å². The van der Waals surface area contributed by atoms with Crippen LogP contribution in [0.15, 0.2) is 18.2 Å². The van der Waals surface area contributed by atoms with Gasteiger partial charge in [0.25, 0.3) is 0 Å². The van der Waals surface area contributed by atoms with E-state index >= 15 is 0 Å². The van der Waals surface area contributed by atoms with Crippen LogP contribution < -0.4 is 11.3 Å². The highest BCUT2D eigenvalue weighted by atomic mass is 35.5. The minimum atomic E-state index is 0.0815. The van der Waals surface area contributed by atoms with Crippen LogP contribution in [0.3, 0.4) is 0 Å². The summed E-state index contributed by atoms with van der Waals surface area (Å²) in [5.41, 5.74) is 4.00. The van der Waals surface area contributed by atoms with Crippen molar-refractivity contribution in [3.8, 4) is 0 Å². The second-order valence-corrected chi connectivity index (χ2v) is 6.94. The van der Waals surface area contributed by atoms with Crippen LogP contribution in [0.2, 0.25) is 10.0 Å². The second kappa shape index (κ2) is 5.82. The van der Waals surface area contributed by atoms with Gasteiger partial charge in [0.1, 0.15) is 0 Å². The van der Waals surface area contributed by atoms with Crippen LogP contribution in [0.4, 0.5) is 0 Å². The molecular formula is C15H21Cl2N3. The monoisotopic (exact) mass is 313 g/mol. The molecule has 2 bridgehead atoms. The number of rotatable bonds is 3. The largest absolute Gasteiger partial charge is 0.300 e. The first-order chi connectivity index (χ1) is 9.60. The Bertz CT molecular complexity index is 480. The molecule has 3 N–H and O–H groups in total. The molecular weight excluding hydrogens is 293 g/mol. The number of benzene rings is 1. The maximum absolute atomic E-state index is 6.34. The molecule has 2 fully saturated rings. The highest BCUT2D eigenvalue weighted by Crippen LogP contribution is 2.43. The normalized spacial score (nSPS) is 31.5. The number of fused-ring (bicyclic) bond motifs is 2. The van der Waals surface area contributed by atoms with E-state index in [-0.39, 0.29) is 6.04 Å². The zero-order valence-electron chi connectivity index (χ0n) is 11.7. The van der Waals surface area contributed by atoms with Crippen molar-refractivity contribution in [2.24, 2.45) is 11.8 Å². The third-order valence-corrected chi connectivity index (χ3v) is 5.66. The molecule has 2 aliphatic heterocycles. The summed E-state index contributed by atoms with van der Waals surface area (Å²) >= 11 is 12.5. The molecule has 110 valence electrons. The molecule has 0 aromatic heterocycles. The molecule has 3 rings (SSSR count). The van der Waals surface area contributed by atoms with Gasteiger partial charge in [-0.25, -0.2) is 0 Å². The highest BCUT2D eigenvalue weighted by Gasteiger charge is 2.41. The van der Waals surface area contributed by atoms with E-state index in [2.05, 4.69) is 17.4 Å². The number of halogens is 2. The molecule has 3 nitrogen and oxygen atoms in total. The topological polar surface area (TPSA) is 41.3 Å². The first-order valence-electron chi connectivity index (χ1n) is 7.23. The summed E-state index contributed by atoms with van der Waals surface area (Å²) in [6, 6.07) is 7.07. The number of nitrogens with zero attached hydrogens (tertiary/aromatic N) is 1. The van der Waals surface area contributed by atoms with Crippen LogP contribution in [-0.2, 0) is 0 Å². The van der Waals surface area contributed by atoms with E-state index in [4.69, 9.17) is 29.0 Å². The summed E-state index contributed by atoms with van der Waals surface area (Å²) in [6.45, 7) is 0. The van der Waals surface area contributed by atoms with Crippen LogP contribution in [-0.4, -0.2) is 24.0 Å². The lowest BCUT2D eigenvalue weighted by Gasteiger charge is -2.40. The fourth-order valence-electron chi connectivity index (χ4n) is 3.96. The van der Waals surface area contributed by atoms with Gasteiger partial charge in [0.15, 0.2) is 0 Å². The smallest absolute Gasteiger partial charge is 0.0504 e. The predicted molar refractivity (Wildman–Crippen MR) is 83.8 cm³/mol. The van der Waals surface area contributed by atoms with Crippen LogP contribution in [0.5, 0.6) is 0 Å². The Balaban J connectivity index is 1.85. The van der Waals surface area contributed by atoms with Crippen molar-refractivity contribution >= 4 is 23.2 Å². The molecule has 0 spiro atoms. The van der Waals surface area contributed by atoms with Gasteiger partial charge in [0.05, 0.1) is 6.04 Å². The van der Waals surface area contributed by atoms with Crippen LogP contribution >= 0.6 is 23.2 Å². The Morgan fingerprint density at radius 2 is 1.90 bits per heavy atom. The van der Waals surface area contributed by atoms with E-state index in [0.717, 1.165) is 10.6 Å². The van der Waals surface area contributed by atoms with Gasteiger partial charge in [0, 0.05) is 22.1 Å². The standard InChI is InChI=1S/C15H21Cl2N3/c1-20-11-3-4-12(20)7-9(6-11)15(19-18)13-8-10(16)2-5-14(13)17/h2,5,8-9,11-12,15,19H,3-4,6-7,18H2,1H3. The molecule has 1 aromatic carbocycles. The van der Waals surface area contributed by atoms with Crippen LogP contribution in [0, 0.1) is 5.92 Å². The van der Waals surface area contributed by atoms with Gasteiger partial charge in [-0.05, 0) is 62.4 Å². The Morgan fingerprint density at radius 1 is 1.25 bits per heavy atom. The molecule has 0 aliphatic carbocycles. The predicted octanol–water partition coefficient (Wildman–Crippen LogP) is 3.37. The Kier molecular flexibility index (Phi) is 4.25. The maximum atomic E-state index is 6.34. The molecule has 0 amide bonds. The summed E-state index contributed by atoms with van der Waals surface area (Å²) in [5, 5.41) is 1.45. The highest BCUT2D eigenvalue weighted by molar-refractivity contribution is 6.33. The van der Waals surface area contributed by atoms with E-state index in [1.807, 2.05) is 18.2 Å². The van der Waals surface area contributed by atoms with Gasteiger partial charge in [-0.3, -0.25) is 11.3 Å². The minimum absolute atomic E-state index is 0.0815. The van der Waals surface area contributed by atoms with Crippen molar-refractivity contribution in [3.05, 3.63) is 33.8 Å². The number of nitrogens with two attached hydrogens (primary N) is 1. The van der Waals surface area contributed by atoms with E-state index < -0.39 is 0 Å². The first kappa shape index (κ1) is 14.6. The van der Waals surface area contributed by atoms with Crippen molar-refractivity contribution in [1.82, 2.24) is 10.3 Å². The van der Waals surface area contributed by atoms with Gasteiger partial charge in [-0.15, -0.1) is 0 Å². The third kappa shape index (κ3) is 2.58. The Labute approximate surface area is 130 Å². The molecule has 1 aromatic rings. The summed E-state index contributed by atoms with van der Waals surface area (Å²) in [5.74, 6) is 6.35. The maximum Gasteiger partial charge on any atom is 0.0504 e. The lowest BCUT2D eigenvalue weighted by Crippen LogP contribution is -2.45. The van der Waals surface area contributed by atoms with Crippen molar-refractivity contribution in [2.45, 2.75) is 43.8 Å². The molecule has 5 heteroatoms. The van der Waals surface area contributed by atoms with Gasteiger partial charge >= 0.3 is 0 Å². The number of hydrazine groups is 1. The molecule has 3 unspecified atom stereocenters. The quantitative estimate of drug-likeness (QED) is 0.664. The van der Waals surface area contributed by atoms with Crippen molar-refractivity contribution in [1.29, 1.82) is 0 Å². The Morgan fingerprint density at radius 3 is 2.50 bits per heavy atom. The number of piperidine rings is 1. The van der Waals surface area contributed by atoms with E-state index in [1.54, 1.807) is 0 Å². The lowest BCUT2D eigenvalue weighted by atomic mass is 9.82. The number of hydrogen-bond donors (Lipinski definition) is 2. The van der Waals surface area contributed by atoms with E-state index in [1.165, 1.54) is 25.7 Å². The number of hydrogen-bond acceptors (Lipinski definition) is 3. The fraction of sp³-hybridized carbons (Fsp3) is 0.600. The molecule has 0 saturated carbocycles. The molecule has 2 saturated heterocycles. The number of nitrogens with one attached hydrogen (secondary N) is 1. The molecule has 20 heavy (non-hydrogen) atoms. The van der Waals surface area contributed by atoms with Crippen molar-refractivity contribution in [3.63, 3.8) is 0 Å².